The number of quaternary nitrogens is 1. The van der Waals surface area contributed by atoms with Crippen LogP contribution in [0.2, 0.25) is 0 Å². The number of hydrogen-bond acceptors (Lipinski definition) is 5. The fourth-order valence-electron chi connectivity index (χ4n) is 2.74. The topological polar surface area (TPSA) is 61.6 Å². The minimum Gasteiger partial charge on any atom is -0.486 e. The molecule has 6 heteroatoms. The summed E-state index contributed by atoms with van der Waals surface area (Å²) in [6, 6.07) is 7.61. The molecule has 2 heterocycles. The van der Waals surface area contributed by atoms with E-state index in [9.17, 15) is 5.11 Å². The van der Waals surface area contributed by atoms with Gasteiger partial charge in [-0.1, -0.05) is 12.1 Å². The number of benzene rings is 1. The number of hydrogen-bond donors (Lipinski definition) is 2. The molecular weight excluding hydrogens is 286 g/mol. The van der Waals surface area contributed by atoms with E-state index in [-0.39, 0.29) is 6.10 Å². The van der Waals surface area contributed by atoms with Crippen molar-refractivity contribution in [3.05, 3.63) is 24.3 Å². The van der Waals surface area contributed by atoms with Gasteiger partial charge < -0.3 is 29.0 Å². The first-order valence-electron chi connectivity index (χ1n) is 7.87. The predicted molar refractivity (Wildman–Crippen MR) is 79.6 cm³/mol. The molecule has 1 aromatic carbocycles. The van der Waals surface area contributed by atoms with E-state index in [1.165, 1.54) is 4.90 Å². The molecule has 0 bridgehead atoms. The van der Waals surface area contributed by atoms with Crippen LogP contribution >= 0.6 is 0 Å². The first kappa shape index (κ1) is 15.6. The molecule has 1 saturated heterocycles. The Balaban J connectivity index is 1.35. The van der Waals surface area contributed by atoms with Gasteiger partial charge in [0.1, 0.15) is 32.3 Å². The Morgan fingerprint density at radius 2 is 2.00 bits per heavy atom. The summed E-state index contributed by atoms with van der Waals surface area (Å²) >= 11 is 0. The number of aliphatic hydroxyl groups is 1. The van der Waals surface area contributed by atoms with Crippen LogP contribution in [0.25, 0.3) is 0 Å². The van der Waals surface area contributed by atoms with E-state index in [0.717, 1.165) is 37.8 Å². The number of morpholine rings is 1. The lowest BCUT2D eigenvalue weighted by atomic mass is 10.2. The summed E-state index contributed by atoms with van der Waals surface area (Å²) in [6.07, 6.45) is -0.581. The van der Waals surface area contributed by atoms with Crippen molar-refractivity contribution in [3.8, 4) is 11.5 Å². The van der Waals surface area contributed by atoms with E-state index in [2.05, 4.69) is 0 Å². The Morgan fingerprint density at radius 1 is 1.23 bits per heavy atom. The van der Waals surface area contributed by atoms with Crippen molar-refractivity contribution in [1.82, 2.24) is 0 Å². The molecule has 1 aromatic rings. The fraction of sp³-hybridized carbons (Fsp3) is 0.625. The molecule has 2 aliphatic rings. The Labute approximate surface area is 130 Å². The number of para-hydroxylation sites is 2. The van der Waals surface area contributed by atoms with E-state index < -0.39 is 6.10 Å². The van der Waals surface area contributed by atoms with Crippen LogP contribution in [0.4, 0.5) is 0 Å². The maximum absolute atomic E-state index is 10.0. The zero-order valence-corrected chi connectivity index (χ0v) is 12.7. The maximum atomic E-state index is 10.0. The Bertz CT molecular complexity index is 464. The minimum atomic E-state index is -0.454. The molecule has 0 radical (unpaired) electrons. The van der Waals surface area contributed by atoms with E-state index in [0.29, 0.717) is 26.4 Å². The zero-order chi connectivity index (χ0) is 15.2. The molecule has 0 aromatic heterocycles. The number of nitrogens with one attached hydrogen (secondary N) is 1. The van der Waals surface area contributed by atoms with Crippen molar-refractivity contribution in [1.29, 1.82) is 0 Å². The Morgan fingerprint density at radius 3 is 2.82 bits per heavy atom. The third-order valence-corrected chi connectivity index (χ3v) is 3.91. The third-order valence-electron chi connectivity index (χ3n) is 3.91. The van der Waals surface area contributed by atoms with Crippen LogP contribution in [0, 0.1) is 0 Å². The predicted octanol–water partition coefficient (Wildman–Crippen LogP) is -0.881. The molecule has 0 saturated carbocycles. The van der Waals surface area contributed by atoms with Crippen LogP contribution in [-0.4, -0.2) is 70.0 Å². The third kappa shape index (κ3) is 4.33. The highest BCUT2D eigenvalue weighted by Crippen LogP contribution is 2.30. The van der Waals surface area contributed by atoms with E-state index in [1.807, 2.05) is 24.3 Å². The second kappa shape index (κ2) is 7.78. The van der Waals surface area contributed by atoms with Crippen LogP contribution < -0.4 is 14.4 Å². The number of fused-ring (bicyclic) bond motifs is 1. The monoisotopic (exact) mass is 310 g/mol. The molecule has 0 unspecified atom stereocenters. The summed E-state index contributed by atoms with van der Waals surface area (Å²) in [5.41, 5.74) is 0. The average Bonchev–Trinajstić information content (AvgIpc) is 2.55. The smallest absolute Gasteiger partial charge is 0.161 e. The van der Waals surface area contributed by atoms with Crippen molar-refractivity contribution in [2.75, 3.05) is 52.7 Å². The first-order chi connectivity index (χ1) is 10.8. The van der Waals surface area contributed by atoms with Gasteiger partial charge in [0.25, 0.3) is 0 Å². The van der Waals surface area contributed by atoms with Gasteiger partial charge in [-0.25, -0.2) is 0 Å². The van der Waals surface area contributed by atoms with Gasteiger partial charge in [-0.15, -0.1) is 0 Å². The molecule has 6 nitrogen and oxygen atoms in total. The molecule has 1 fully saturated rings. The highest BCUT2D eigenvalue weighted by molar-refractivity contribution is 5.40. The summed E-state index contributed by atoms with van der Waals surface area (Å²) in [5, 5.41) is 10.0. The van der Waals surface area contributed by atoms with E-state index in [4.69, 9.17) is 18.9 Å². The SMILES string of the molecule is O[C@H](COC[C@@H]1COc2ccccc2O1)C[NH+]1CCOCC1. The minimum absolute atomic E-state index is 0.127. The van der Waals surface area contributed by atoms with Crippen molar-refractivity contribution in [2.24, 2.45) is 0 Å². The van der Waals surface area contributed by atoms with Gasteiger partial charge in [0.15, 0.2) is 17.6 Å². The van der Waals surface area contributed by atoms with Crippen molar-refractivity contribution in [3.63, 3.8) is 0 Å². The summed E-state index contributed by atoms with van der Waals surface area (Å²) in [7, 11) is 0. The van der Waals surface area contributed by atoms with Crippen LogP contribution in [0.1, 0.15) is 0 Å². The first-order valence-corrected chi connectivity index (χ1v) is 7.87. The lowest BCUT2D eigenvalue weighted by molar-refractivity contribution is -0.911. The van der Waals surface area contributed by atoms with Gasteiger partial charge in [-0.2, -0.15) is 0 Å². The van der Waals surface area contributed by atoms with Crippen LogP contribution in [0.3, 0.4) is 0 Å². The molecule has 0 amide bonds. The largest absolute Gasteiger partial charge is 0.486 e. The standard InChI is InChI=1S/C16H23NO5/c18-13(9-17-5-7-19-8-6-17)10-20-11-14-12-21-15-3-1-2-4-16(15)22-14/h1-4,13-14,18H,5-12H2/p+1/t13-,14+/m0/s1. The molecule has 3 rings (SSSR count). The van der Waals surface area contributed by atoms with Gasteiger partial charge >= 0.3 is 0 Å². The van der Waals surface area contributed by atoms with Gasteiger partial charge in [0, 0.05) is 0 Å². The molecule has 0 spiro atoms. The maximum Gasteiger partial charge on any atom is 0.161 e. The van der Waals surface area contributed by atoms with Crippen molar-refractivity contribution in [2.45, 2.75) is 12.2 Å². The highest BCUT2D eigenvalue weighted by atomic mass is 16.6. The summed E-state index contributed by atoms with van der Waals surface area (Å²) < 4.78 is 22.3. The van der Waals surface area contributed by atoms with Gasteiger partial charge in [0.2, 0.25) is 0 Å². The summed E-state index contributed by atoms with van der Waals surface area (Å²) in [4.78, 5) is 1.37. The van der Waals surface area contributed by atoms with E-state index >= 15 is 0 Å². The Hall–Kier alpha value is -1.34. The summed E-state index contributed by atoms with van der Waals surface area (Å²) in [5.74, 6) is 1.52. The molecule has 2 aliphatic heterocycles. The van der Waals surface area contributed by atoms with Gasteiger partial charge in [-0.05, 0) is 12.1 Å². The van der Waals surface area contributed by atoms with Crippen molar-refractivity contribution >= 4 is 0 Å². The van der Waals surface area contributed by atoms with Gasteiger partial charge in [-0.3, -0.25) is 0 Å². The lowest BCUT2D eigenvalue weighted by Gasteiger charge is -2.27. The molecule has 22 heavy (non-hydrogen) atoms. The number of rotatable bonds is 6. The molecule has 2 atom stereocenters. The normalized spacial score (nSPS) is 23.2. The van der Waals surface area contributed by atoms with Crippen LogP contribution in [0.5, 0.6) is 11.5 Å². The van der Waals surface area contributed by atoms with Crippen LogP contribution in [0.15, 0.2) is 24.3 Å². The summed E-state index contributed by atoms with van der Waals surface area (Å²) in [6.45, 7) is 5.37. The number of ether oxygens (including phenoxy) is 4. The number of aliphatic hydroxyl groups excluding tert-OH is 1. The second-order valence-electron chi connectivity index (χ2n) is 5.76. The fourth-order valence-corrected chi connectivity index (χ4v) is 2.74. The quantitative estimate of drug-likeness (QED) is 0.714. The molecule has 122 valence electrons. The van der Waals surface area contributed by atoms with Crippen LogP contribution in [-0.2, 0) is 9.47 Å². The molecule has 2 N–H and O–H groups in total. The average molecular weight is 310 g/mol. The van der Waals surface area contributed by atoms with Crippen molar-refractivity contribution < 1.29 is 29.0 Å². The lowest BCUT2D eigenvalue weighted by Crippen LogP contribution is -3.15. The van der Waals surface area contributed by atoms with E-state index in [1.54, 1.807) is 0 Å². The molecule has 0 aliphatic carbocycles. The van der Waals surface area contributed by atoms with Gasteiger partial charge in [0.05, 0.1) is 26.4 Å². The second-order valence-corrected chi connectivity index (χ2v) is 5.76. The molecular formula is C16H24NO5+. The highest BCUT2D eigenvalue weighted by Gasteiger charge is 2.22. The zero-order valence-electron chi connectivity index (χ0n) is 12.7. The Kier molecular flexibility index (Phi) is 5.50.